The molecule has 0 radical (unpaired) electrons. The first-order valence-corrected chi connectivity index (χ1v) is 13.3. The lowest BCUT2D eigenvalue weighted by atomic mass is 9.75. The van der Waals surface area contributed by atoms with Crippen molar-refractivity contribution in [2.24, 2.45) is 5.92 Å². The Morgan fingerprint density at radius 3 is 2.44 bits per heavy atom. The fourth-order valence-electron chi connectivity index (χ4n) is 5.58. The minimum atomic E-state index is -2.86. The highest BCUT2D eigenvalue weighted by Crippen LogP contribution is 2.38. The number of aromatic nitrogens is 3. The molecule has 0 unspecified atom stereocenters. The van der Waals surface area contributed by atoms with Gasteiger partial charge in [-0.2, -0.15) is 8.78 Å². The van der Waals surface area contributed by atoms with E-state index in [1.807, 2.05) is 26.0 Å². The highest BCUT2D eigenvalue weighted by molar-refractivity contribution is 6.12. The number of benzene rings is 1. The first-order valence-electron chi connectivity index (χ1n) is 13.3. The Labute approximate surface area is 226 Å². The Morgan fingerprint density at radius 2 is 1.82 bits per heavy atom. The van der Waals surface area contributed by atoms with Gasteiger partial charge in [-0.15, -0.1) is 10.2 Å². The Morgan fingerprint density at radius 1 is 1.08 bits per heavy atom. The molecule has 1 aromatic carbocycles. The van der Waals surface area contributed by atoms with Gasteiger partial charge in [0.25, 0.3) is 11.8 Å². The van der Waals surface area contributed by atoms with Crippen LogP contribution in [0.1, 0.15) is 85.9 Å². The molecule has 1 saturated heterocycles. The quantitative estimate of drug-likeness (QED) is 0.375. The van der Waals surface area contributed by atoms with Crippen LogP contribution in [0.2, 0.25) is 0 Å². The van der Waals surface area contributed by atoms with Crippen molar-refractivity contribution in [1.82, 2.24) is 25.0 Å². The van der Waals surface area contributed by atoms with E-state index in [4.69, 9.17) is 4.42 Å². The minimum Gasteiger partial charge on any atom is -0.415 e. The number of fused-ring (bicyclic) bond motifs is 1. The summed E-state index contributed by atoms with van der Waals surface area (Å²) in [5.74, 6) is -0.453. The van der Waals surface area contributed by atoms with Crippen LogP contribution in [0.25, 0.3) is 11.5 Å². The van der Waals surface area contributed by atoms with E-state index in [1.165, 1.54) is 11.1 Å². The fraction of sp³-hybridized carbons (Fsp3) is 0.483. The van der Waals surface area contributed by atoms with Crippen molar-refractivity contribution in [2.45, 2.75) is 64.8 Å². The molecule has 0 bridgehead atoms. The molecular weight excluding hydrogens is 504 g/mol. The van der Waals surface area contributed by atoms with Crippen LogP contribution in [0.3, 0.4) is 0 Å². The van der Waals surface area contributed by atoms with E-state index in [9.17, 15) is 18.4 Å². The number of hydrogen-bond donors (Lipinski definition) is 0. The van der Waals surface area contributed by atoms with Gasteiger partial charge in [0, 0.05) is 18.3 Å². The summed E-state index contributed by atoms with van der Waals surface area (Å²) < 4.78 is 30.5. The number of nitrogens with zero attached hydrogens (tertiary/aromatic N) is 5. The number of piperidine rings is 1. The van der Waals surface area contributed by atoms with E-state index in [-0.39, 0.29) is 24.2 Å². The van der Waals surface area contributed by atoms with E-state index in [2.05, 4.69) is 40.0 Å². The summed E-state index contributed by atoms with van der Waals surface area (Å²) in [4.78, 5) is 35.2. The first-order chi connectivity index (χ1) is 18.5. The smallest absolute Gasteiger partial charge is 0.314 e. The van der Waals surface area contributed by atoms with Gasteiger partial charge in [-0.1, -0.05) is 26.0 Å². The zero-order valence-corrected chi connectivity index (χ0v) is 22.7. The third kappa shape index (κ3) is 5.34. The minimum absolute atomic E-state index is 0.00917. The van der Waals surface area contributed by atoms with Crippen molar-refractivity contribution in [1.29, 1.82) is 0 Å². The first kappa shape index (κ1) is 27.1. The molecule has 206 valence electrons. The van der Waals surface area contributed by atoms with Gasteiger partial charge < -0.3 is 9.32 Å². The normalized spacial score (nSPS) is 18.3. The molecule has 0 aliphatic carbocycles. The highest BCUT2D eigenvalue weighted by Gasteiger charge is 2.44. The van der Waals surface area contributed by atoms with Gasteiger partial charge in [-0.25, -0.2) is 0 Å². The van der Waals surface area contributed by atoms with Gasteiger partial charge in [0.15, 0.2) is 0 Å². The fourth-order valence-corrected chi connectivity index (χ4v) is 5.58. The van der Waals surface area contributed by atoms with Crippen LogP contribution >= 0.6 is 0 Å². The van der Waals surface area contributed by atoms with Gasteiger partial charge >= 0.3 is 6.43 Å². The number of likely N-dealkylation sites (tertiary alicyclic amines) is 1. The number of pyridine rings is 1. The lowest BCUT2D eigenvalue weighted by Crippen LogP contribution is -2.51. The Balaban J connectivity index is 1.35. The van der Waals surface area contributed by atoms with Gasteiger partial charge in [0.1, 0.15) is 0 Å². The Kier molecular flexibility index (Phi) is 7.33. The molecule has 5 rings (SSSR count). The molecule has 0 saturated carbocycles. The van der Waals surface area contributed by atoms with Crippen LogP contribution < -0.4 is 0 Å². The van der Waals surface area contributed by atoms with Gasteiger partial charge in [0.05, 0.1) is 23.2 Å². The lowest BCUT2D eigenvalue weighted by Gasteiger charge is -2.38. The molecule has 2 aliphatic rings. The molecule has 39 heavy (non-hydrogen) atoms. The van der Waals surface area contributed by atoms with Gasteiger partial charge in [-0.3, -0.25) is 19.5 Å². The van der Waals surface area contributed by atoms with Gasteiger partial charge in [-0.05, 0) is 80.9 Å². The molecule has 10 heteroatoms. The molecule has 0 atom stereocenters. The number of alkyl halides is 2. The van der Waals surface area contributed by atoms with E-state index in [1.54, 1.807) is 12.1 Å². The number of rotatable bonds is 7. The maximum atomic E-state index is 13.6. The summed E-state index contributed by atoms with van der Waals surface area (Å²) in [5, 5.41) is 6.95. The van der Waals surface area contributed by atoms with E-state index in [0.29, 0.717) is 28.7 Å². The second-order valence-electron chi connectivity index (χ2n) is 11.4. The molecule has 4 heterocycles. The van der Waals surface area contributed by atoms with Crippen LogP contribution in [0, 0.1) is 5.92 Å². The SMILES string of the molecule is CC(C)CN1CCC(c2ccc3c(c2)C(=O)N(Cc2ccc(-c4nnc(C(F)F)o4)cn2)C(=O)C3(C)C)CC1. The second kappa shape index (κ2) is 10.6. The maximum absolute atomic E-state index is 13.6. The van der Waals surface area contributed by atoms with Crippen molar-refractivity contribution in [2.75, 3.05) is 19.6 Å². The monoisotopic (exact) mass is 537 g/mol. The molecular formula is C29H33F2N5O3. The number of amides is 2. The predicted octanol–water partition coefficient (Wildman–Crippen LogP) is 5.36. The summed E-state index contributed by atoms with van der Waals surface area (Å²) in [7, 11) is 0. The van der Waals surface area contributed by atoms with Crippen LogP contribution in [-0.4, -0.2) is 56.4 Å². The average molecular weight is 538 g/mol. The van der Waals surface area contributed by atoms with E-state index in [0.717, 1.165) is 43.6 Å². The largest absolute Gasteiger partial charge is 0.415 e. The number of imide groups is 1. The van der Waals surface area contributed by atoms with Crippen molar-refractivity contribution in [3.63, 3.8) is 0 Å². The van der Waals surface area contributed by atoms with Crippen LogP contribution in [0.15, 0.2) is 40.9 Å². The molecule has 8 nitrogen and oxygen atoms in total. The van der Waals surface area contributed by atoms with Crippen LogP contribution in [0.5, 0.6) is 0 Å². The lowest BCUT2D eigenvalue weighted by molar-refractivity contribution is -0.134. The van der Waals surface area contributed by atoms with Crippen molar-refractivity contribution >= 4 is 11.8 Å². The third-order valence-corrected chi connectivity index (χ3v) is 7.67. The Bertz CT molecular complexity index is 1360. The van der Waals surface area contributed by atoms with E-state index < -0.39 is 17.7 Å². The zero-order chi connectivity index (χ0) is 27.9. The highest BCUT2D eigenvalue weighted by atomic mass is 19.3. The van der Waals surface area contributed by atoms with Crippen LogP contribution in [-0.2, 0) is 16.8 Å². The number of carbonyl (C=O) groups is 2. The molecule has 2 aromatic heterocycles. The van der Waals surface area contributed by atoms with Crippen molar-refractivity contribution < 1.29 is 22.8 Å². The third-order valence-electron chi connectivity index (χ3n) is 7.67. The summed E-state index contributed by atoms with van der Waals surface area (Å²) >= 11 is 0. The van der Waals surface area contributed by atoms with Gasteiger partial charge in [0.2, 0.25) is 11.8 Å². The molecule has 1 fully saturated rings. The average Bonchev–Trinajstić information content (AvgIpc) is 3.41. The van der Waals surface area contributed by atoms with Crippen molar-refractivity contribution in [3.8, 4) is 11.5 Å². The molecule has 0 N–H and O–H groups in total. The standard InChI is InChI=1S/C29H33F2N5O3/c1-17(2)15-35-11-9-18(10-12-35)19-6-8-23-22(13-19)27(37)36(28(38)29(23,3)4)16-21-7-5-20(14-32-21)25-33-34-26(39-25)24(30)31/h5-8,13-14,17-18,24H,9-12,15-16H2,1-4H3. The summed E-state index contributed by atoms with van der Waals surface area (Å²) in [6.07, 6.45) is 0.626. The topological polar surface area (TPSA) is 92.4 Å². The summed E-state index contributed by atoms with van der Waals surface area (Å²) in [6.45, 7) is 11.3. The molecule has 2 amide bonds. The molecule has 0 spiro atoms. The van der Waals surface area contributed by atoms with E-state index >= 15 is 0 Å². The summed E-state index contributed by atoms with van der Waals surface area (Å²) in [6, 6.07) is 9.22. The molecule has 2 aliphatic heterocycles. The zero-order valence-electron chi connectivity index (χ0n) is 22.7. The van der Waals surface area contributed by atoms with Crippen molar-refractivity contribution in [3.05, 3.63) is 64.8 Å². The Hall–Kier alpha value is -3.53. The second-order valence-corrected chi connectivity index (χ2v) is 11.4. The number of halogens is 2. The number of carbonyl (C=O) groups excluding carboxylic acids is 2. The molecule has 3 aromatic rings. The number of hydrogen-bond acceptors (Lipinski definition) is 7. The predicted molar refractivity (Wildman–Crippen MR) is 140 cm³/mol. The summed E-state index contributed by atoms with van der Waals surface area (Å²) in [5.41, 5.74) is 2.40. The maximum Gasteiger partial charge on any atom is 0.314 e. The van der Waals surface area contributed by atoms with Crippen LogP contribution in [0.4, 0.5) is 8.78 Å².